The highest BCUT2D eigenvalue weighted by Crippen LogP contribution is 2.25. The van der Waals surface area contributed by atoms with E-state index in [1.807, 2.05) is 0 Å². The van der Waals surface area contributed by atoms with E-state index >= 15 is 0 Å². The normalized spacial score (nSPS) is 14.8. The molecule has 0 aliphatic heterocycles. The van der Waals surface area contributed by atoms with Crippen molar-refractivity contribution < 1.29 is 14.4 Å². The van der Waals surface area contributed by atoms with E-state index < -0.39 is 11.7 Å². The van der Waals surface area contributed by atoms with E-state index in [4.69, 9.17) is 0 Å². The average molecular weight is 184 g/mol. The summed E-state index contributed by atoms with van der Waals surface area (Å²) in [6, 6.07) is 0.229. The Bertz CT molecular complexity index is 236. The molecular weight excluding hydrogens is 172 g/mol. The van der Waals surface area contributed by atoms with Gasteiger partial charge in [-0.05, 0) is 12.8 Å². The van der Waals surface area contributed by atoms with Crippen LogP contribution in [0.1, 0.15) is 12.8 Å². The molecule has 0 radical (unpaired) electrons. The fourth-order valence-electron chi connectivity index (χ4n) is 1.03. The third kappa shape index (κ3) is 2.54. The summed E-state index contributed by atoms with van der Waals surface area (Å²) < 4.78 is 0. The molecule has 0 saturated heterocycles. The summed E-state index contributed by atoms with van der Waals surface area (Å²) in [4.78, 5) is 33.6. The summed E-state index contributed by atoms with van der Waals surface area (Å²) in [5.41, 5.74) is 0. The van der Waals surface area contributed by atoms with Crippen molar-refractivity contribution in [2.24, 2.45) is 0 Å². The van der Waals surface area contributed by atoms with Gasteiger partial charge in [-0.1, -0.05) is 0 Å². The third-order valence-electron chi connectivity index (χ3n) is 2.00. The predicted octanol–water partition coefficient (Wildman–Crippen LogP) is -1.08. The molecule has 1 aliphatic carbocycles. The maximum absolute atomic E-state index is 11.3. The summed E-state index contributed by atoms with van der Waals surface area (Å²) in [5.74, 6) is -1.08. The number of carbonyl (C=O) groups excluding carboxylic acids is 3. The van der Waals surface area contributed by atoms with Crippen LogP contribution in [0.25, 0.3) is 0 Å². The second kappa shape index (κ2) is 4.02. The first-order valence-corrected chi connectivity index (χ1v) is 4.14. The zero-order valence-electron chi connectivity index (χ0n) is 7.45. The second-order valence-corrected chi connectivity index (χ2v) is 3.07. The monoisotopic (exact) mass is 184 g/mol. The number of rotatable bonds is 5. The van der Waals surface area contributed by atoms with Crippen LogP contribution in [-0.2, 0) is 14.4 Å². The number of hydrogen-bond donors (Lipinski definition) is 1. The summed E-state index contributed by atoms with van der Waals surface area (Å²) in [6.07, 6.45) is 2.34. The molecule has 13 heavy (non-hydrogen) atoms. The fourth-order valence-corrected chi connectivity index (χ4v) is 1.03. The van der Waals surface area contributed by atoms with Crippen LogP contribution in [0.5, 0.6) is 0 Å². The molecule has 1 aliphatic rings. The van der Waals surface area contributed by atoms with Gasteiger partial charge in [0.2, 0.25) is 12.2 Å². The lowest BCUT2D eigenvalue weighted by Crippen LogP contribution is -2.39. The van der Waals surface area contributed by atoms with Crippen molar-refractivity contribution in [1.29, 1.82) is 0 Å². The van der Waals surface area contributed by atoms with Gasteiger partial charge in [0.1, 0.15) is 0 Å². The molecule has 72 valence electrons. The lowest BCUT2D eigenvalue weighted by atomic mass is 10.3. The Hall–Kier alpha value is -1.39. The number of nitrogens with one attached hydrogen (secondary N) is 1. The topological polar surface area (TPSA) is 66.5 Å². The Kier molecular flexibility index (Phi) is 3.00. The molecule has 0 spiro atoms. The Morgan fingerprint density at radius 3 is 2.62 bits per heavy atom. The third-order valence-corrected chi connectivity index (χ3v) is 2.00. The van der Waals surface area contributed by atoms with E-state index in [1.165, 1.54) is 4.90 Å². The minimum atomic E-state index is -0.568. The lowest BCUT2D eigenvalue weighted by Gasteiger charge is -2.14. The first-order chi connectivity index (χ1) is 6.16. The highest BCUT2D eigenvalue weighted by molar-refractivity contribution is 6.37. The van der Waals surface area contributed by atoms with Gasteiger partial charge in [0.15, 0.2) is 0 Å². The first-order valence-electron chi connectivity index (χ1n) is 4.14. The van der Waals surface area contributed by atoms with E-state index in [2.05, 4.69) is 5.32 Å². The Morgan fingerprint density at radius 1 is 1.54 bits per heavy atom. The van der Waals surface area contributed by atoms with E-state index in [9.17, 15) is 14.4 Å². The van der Waals surface area contributed by atoms with Crippen molar-refractivity contribution in [1.82, 2.24) is 10.2 Å². The molecule has 0 heterocycles. The van der Waals surface area contributed by atoms with Crippen LogP contribution in [0.2, 0.25) is 0 Å². The van der Waals surface area contributed by atoms with Crippen molar-refractivity contribution in [3.05, 3.63) is 0 Å². The molecule has 1 saturated carbocycles. The maximum Gasteiger partial charge on any atom is 0.291 e. The molecule has 5 nitrogen and oxygen atoms in total. The largest absolute Gasteiger partial charge is 0.351 e. The zero-order valence-corrected chi connectivity index (χ0v) is 7.45. The van der Waals surface area contributed by atoms with Gasteiger partial charge in [-0.15, -0.1) is 0 Å². The molecule has 0 aromatic carbocycles. The molecule has 0 bridgehead atoms. The van der Waals surface area contributed by atoms with Crippen LogP contribution in [0.3, 0.4) is 0 Å². The molecule has 1 N–H and O–H groups in total. The maximum atomic E-state index is 11.3. The van der Waals surface area contributed by atoms with Crippen molar-refractivity contribution in [2.45, 2.75) is 18.9 Å². The number of Topliss-reactive ketones (excluding diaryl/α,β-unsaturated/α-hetero) is 1. The molecule has 2 amide bonds. The second-order valence-electron chi connectivity index (χ2n) is 3.07. The van der Waals surface area contributed by atoms with Crippen LogP contribution in [0, 0.1) is 0 Å². The smallest absolute Gasteiger partial charge is 0.291 e. The molecule has 0 atom stereocenters. The molecule has 1 rings (SSSR count). The average Bonchev–Trinajstić information content (AvgIpc) is 2.94. The Labute approximate surface area is 76.1 Å². The fraction of sp³-hybridized carbons (Fsp3) is 0.625. The van der Waals surface area contributed by atoms with Crippen molar-refractivity contribution in [3.63, 3.8) is 0 Å². The van der Waals surface area contributed by atoms with Crippen LogP contribution in [0.4, 0.5) is 0 Å². The van der Waals surface area contributed by atoms with Crippen LogP contribution in [-0.4, -0.2) is 42.6 Å². The standard InChI is InChI=1S/C8H12N2O3/c1-10(6-2-3-6)8(13)7(12)4-9-5-11/h5-6H,2-4H2,1H3,(H,9,11). The Morgan fingerprint density at radius 2 is 2.15 bits per heavy atom. The van der Waals surface area contributed by atoms with E-state index in [0.29, 0.717) is 6.41 Å². The molecule has 1 fully saturated rings. The first kappa shape index (κ1) is 9.70. The highest BCUT2D eigenvalue weighted by atomic mass is 16.2. The van der Waals surface area contributed by atoms with Crippen LogP contribution in [0.15, 0.2) is 0 Å². The highest BCUT2D eigenvalue weighted by Gasteiger charge is 2.32. The zero-order chi connectivity index (χ0) is 9.84. The number of amides is 2. The quantitative estimate of drug-likeness (QED) is 0.436. The summed E-state index contributed by atoms with van der Waals surface area (Å²) in [6.45, 7) is -0.209. The van der Waals surface area contributed by atoms with E-state index in [-0.39, 0.29) is 12.6 Å². The number of carbonyl (C=O) groups is 3. The van der Waals surface area contributed by atoms with Crippen LogP contribution < -0.4 is 5.32 Å². The van der Waals surface area contributed by atoms with Crippen LogP contribution >= 0.6 is 0 Å². The number of nitrogens with zero attached hydrogens (tertiary/aromatic N) is 1. The number of likely N-dealkylation sites (N-methyl/N-ethyl adjacent to an activating group) is 1. The van der Waals surface area contributed by atoms with Crippen molar-refractivity contribution in [2.75, 3.05) is 13.6 Å². The van der Waals surface area contributed by atoms with Gasteiger partial charge in [0, 0.05) is 13.1 Å². The molecular formula is C8H12N2O3. The molecule has 0 aromatic rings. The Balaban J connectivity index is 2.36. The van der Waals surface area contributed by atoms with E-state index in [1.54, 1.807) is 7.05 Å². The van der Waals surface area contributed by atoms with Gasteiger partial charge < -0.3 is 10.2 Å². The van der Waals surface area contributed by atoms with Crippen molar-refractivity contribution >= 4 is 18.1 Å². The van der Waals surface area contributed by atoms with Gasteiger partial charge in [-0.3, -0.25) is 14.4 Å². The summed E-state index contributed by atoms with van der Waals surface area (Å²) >= 11 is 0. The van der Waals surface area contributed by atoms with Gasteiger partial charge in [-0.2, -0.15) is 0 Å². The number of ketones is 1. The van der Waals surface area contributed by atoms with Gasteiger partial charge in [-0.25, -0.2) is 0 Å². The molecule has 0 aromatic heterocycles. The predicted molar refractivity (Wildman–Crippen MR) is 44.9 cm³/mol. The minimum Gasteiger partial charge on any atom is -0.351 e. The minimum absolute atomic E-state index is 0.209. The van der Waals surface area contributed by atoms with Crippen molar-refractivity contribution in [3.8, 4) is 0 Å². The molecule has 0 unspecified atom stereocenters. The molecule has 5 heteroatoms. The summed E-state index contributed by atoms with van der Waals surface area (Å²) in [7, 11) is 1.61. The van der Waals surface area contributed by atoms with Gasteiger partial charge >= 0.3 is 0 Å². The van der Waals surface area contributed by atoms with E-state index in [0.717, 1.165) is 12.8 Å². The summed E-state index contributed by atoms with van der Waals surface area (Å²) in [5, 5.41) is 2.17. The van der Waals surface area contributed by atoms with Gasteiger partial charge in [0.05, 0.1) is 6.54 Å². The lowest BCUT2D eigenvalue weighted by molar-refractivity contribution is -0.143. The SMILES string of the molecule is CN(C(=O)C(=O)CNC=O)C1CC1. The van der Waals surface area contributed by atoms with Gasteiger partial charge in [0.25, 0.3) is 5.91 Å². The number of hydrogen-bond acceptors (Lipinski definition) is 3.